The van der Waals surface area contributed by atoms with Gasteiger partial charge < -0.3 is 9.84 Å². The number of aliphatic hydroxyl groups is 1. The quantitative estimate of drug-likeness (QED) is 0.484. The number of rotatable bonds is 7. The first-order valence-corrected chi connectivity index (χ1v) is 10.5. The summed E-state index contributed by atoms with van der Waals surface area (Å²) < 4.78 is 6.99. The fourth-order valence-corrected chi connectivity index (χ4v) is 3.93. The Morgan fingerprint density at radius 1 is 0.967 bits per heavy atom. The normalized spacial score (nSPS) is 11.9. The van der Waals surface area contributed by atoms with Crippen molar-refractivity contribution in [2.45, 2.75) is 19.6 Å². The first-order chi connectivity index (χ1) is 14.6. The molecule has 5 nitrogen and oxygen atoms in total. The molecule has 4 rings (SSSR count). The van der Waals surface area contributed by atoms with E-state index in [1.54, 1.807) is 17.4 Å². The molecule has 30 heavy (non-hydrogen) atoms. The van der Waals surface area contributed by atoms with Gasteiger partial charge in [-0.1, -0.05) is 42.5 Å². The first kappa shape index (κ1) is 20.1. The maximum absolute atomic E-state index is 12.1. The molecule has 2 aromatic carbocycles. The molecule has 0 spiro atoms. The summed E-state index contributed by atoms with van der Waals surface area (Å²) in [5, 5.41) is 14.8. The third-order valence-corrected chi connectivity index (χ3v) is 5.67. The van der Waals surface area contributed by atoms with Crippen molar-refractivity contribution in [1.82, 2.24) is 9.78 Å². The predicted octanol–water partition coefficient (Wildman–Crippen LogP) is 4.39. The summed E-state index contributed by atoms with van der Waals surface area (Å²) >= 11 is 1.62. The van der Waals surface area contributed by atoms with E-state index in [1.807, 2.05) is 61.5 Å². The summed E-state index contributed by atoms with van der Waals surface area (Å²) in [5.74, 6) is 0.664. The molecule has 0 radical (unpaired) electrons. The molecular weight excluding hydrogens is 396 g/mol. The van der Waals surface area contributed by atoms with Crippen LogP contribution < -0.4 is 10.3 Å². The molecule has 1 N–H and O–H groups in total. The van der Waals surface area contributed by atoms with E-state index < -0.39 is 6.10 Å². The lowest BCUT2D eigenvalue weighted by Gasteiger charge is -2.14. The van der Waals surface area contributed by atoms with E-state index in [4.69, 9.17) is 4.74 Å². The summed E-state index contributed by atoms with van der Waals surface area (Å²) in [4.78, 5) is 14.3. The van der Waals surface area contributed by atoms with E-state index >= 15 is 0 Å². The molecule has 0 bridgehead atoms. The smallest absolute Gasteiger partial charge is 0.266 e. The topological polar surface area (TPSA) is 64.4 Å². The van der Waals surface area contributed by atoms with E-state index in [0.29, 0.717) is 5.75 Å². The Morgan fingerprint density at radius 2 is 1.70 bits per heavy atom. The molecule has 2 heterocycles. The van der Waals surface area contributed by atoms with E-state index in [2.05, 4.69) is 17.2 Å². The van der Waals surface area contributed by atoms with E-state index in [0.717, 1.165) is 21.7 Å². The van der Waals surface area contributed by atoms with Crippen LogP contribution in [0.15, 0.2) is 83.7 Å². The van der Waals surface area contributed by atoms with Crippen molar-refractivity contribution in [3.63, 3.8) is 0 Å². The zero-order chi connectivity index (χ0) is 20.9. The van der Waals surface area contributed by atoms with E-state index in [-0.39, 0.29) is 18.7 Å². The molecule has 152 valence electrons. The van der Waals surface area contributed by atoms with Gasteiger partial charge in [-0.25, -0.2) is 4.68 Å². The van der Waals surface area contributed by atoms with Gasteiger partial charge >= 0.3 is 0 Å². The van der Waals surface area contributed by atoms with Gasteiger partial charge in [-0.3, -0.25) is 4.79 Å². The van der Waals surface area contributed by atoms with Crippen molar-refractivity contribution >= 4 is 11.3 Å². The molecule has 0 saturated heterocycles. The van der Waals surface area contributed by atoms with Crippen LogP contribution in [0.1, 0.15) is 4.88 Å². The van der Waals surface area contributed by atoms with Crippen molar-refractivity contribution in [2.75, 3.05) is 6.61 Å². The molecule has 2 aromatic heterocycles. The number of hydrogen-bond acceptors (Lipinski definition) is 5. The van der Waals surface area contributed by atoms with Crippen molar-refractivity contribution in [1.29, 1.82) is 0 Å². The van der Waals surface area contributed by atoms with Crippen LogP contribution in [0.5, 0.6) is 5.75 Å². The van der Waals surface area contributed by atoms with Gasteiger partial charge in [0, 0.05) is 10.9 Å². The number of ether oxygens (including phenoxy) is 1. The number of nitrogens with zero attached hydrogens (tertiary/aromatic N) is 2. The summed E-state index contributed by atoms with van der Waals surface area (Å²) in [7, 11) is 0. The minimum atomic E-state index is -0.857. The fraction of sp³-hybridized carbons (Fsp3) is 0.167. The Hall–Kier alpha value is -3.22. The molecule has 1 unspecified atom stereocenters. The van der Waals surface area contributed by atoms with Crippen LogP contribution in [0.4, 0.5) is 0 Å². The molecule has 0 amide bonds. The lowest BCUT2D eigenvalue weighted by molar-refractivity contribution is 0.0881. The van der Waals surface area contributed by atoms with Crippen LogP contribution >= 0.6 is 11.3 Å². The van der Waals surface area contributed by atoms with Gasteiger partial charge in [-0.15, -0.1) is 11.3 Å². The Labute approximate surface area is 178 Å². The maximum Gasteiger partial charge on any atom is 0.266 e. The van der Waals surface area contributed by atoms with Crippen LogP contribution in [-0.2, 0) is 6.54 Å². The van der Waals surface area contributed by atoms with Gasteiger partial charge in [-0.2, -0.15) is 5.10 Å². The van der Waals surface area contributed by atoms with Gasteiger partial charge in [0.1, 0.15) is 24.2 Å². The van der Waals surface area contributed by atoms with Crippen LogP contribution in [0.3, 0.4) is 0 Å². The summed E-state index contributed by atoms with van der Waals surface area (Å²) in [6.07, 6.45) is -0.857. The van der Waals surface area contributed by atoms with Gasteiger partial charge in [0.05, 0.1) is 11.4 Å². The maximum atomic E-state index is 12.1. The minimum Gasteiger partial charge on any atom is -0.491 e. The van der Waals surface area contributed by atoms with Gasteiger partial charge in [-0.05, 0) is 48.4 Å². The predicted molar refractivity (Wildman–Crippen MR) is 120 cm³/mol. The average molecular weight is 419 g/mol. The van der Waals surface area contributed by atoms with Crippen LogP contribution in [0.25, 0.3) is 21.7 Å². The fourth-order valence-electron chi connectivity index (χ4n) is 3.10. The summed E-state index contributed by atoms with van der Waals surface area (Å²) in [5.41, 5.74) is 2.70. The molecule has 0 aliphatic carbocycles. The standard InChI is InChI=1S/C24H22N2O3S/c1-17-7-13-23(30-17)22-12-14-24(28)26(25-22)15-20(27)16-29-21-10-8-19(9-11-21)18-5-3-2-4-6-18/h2-14,20,27H,15-16H2,1H3. The summed E-state index contributed by atoms with van der Waals surface area (Å²) in [6.45, 7) is 2.16. The van der Waals surface area contributed by atoms with Crippen molar-refractivity contribution in [3.05, 3.63) is 94.1 Å². The van der Waals surface area contributed by atoms with E-state index in [1.165, 1.54) is 15.6 Å². The third-order valence-electron chi connectivity index (χ3n) is 4.65. The number of aromatic nitrogens is 2. The zero-order valence-electron chi connectivity index (χ0n) is 16.6. The molecule has 0 fully saturated rings. The largest absolute Gasteiger partial charge is 0.491 e. The monoisotopic (exact) mass is 418 g/mol. The molecule has 1 atom stereocenters. The van der Waals surface area contributed by atoms with Crippen molar-refractivity contribution in [2.24, 2.45) is 0 Å². The minimum absolute atomic E-state index is 0.0686. The second-order valence-electron chi connectivity index (χ2n) is 7.00. The lowest BCUT2D eigenvalue weighted by Crippen LogP contribution is -2.31. The number of aliphatic hydroxyl groups excluding tert-OH is 1. The Balaban J connectivity index is 1.38. The second-order valence-corrected chi connectivity index (χ2v) is 8.29. The summed E-state index contributed by atoms with van der Waals surface area (Å²) in [6, 6.07) is 25.0. The molecule has 4 aromatic rings. The molecule has 0 aliphatic heterocycles. The molecular formula is C24H22N2O3S. The Kier molecular flexibility index (Phi) is 6.07. The van der Waals surface area contributed by atoms with Gasteiger partial charge in [0.15, 0.2) is 0 Å². The highest BCUT2D eigenvalue weighted by Crippen LogP contribution is 2.25. The van der Waals surface area contributed by atoms with Crippen LogP contribution in [-0.4, -0.2) is 27.6 Å². The van der Waals surface area contributed by atoms with Crippen molar-refractivity contribution in [3.8, 4) is 27.4 Å². The second kappa shape index (κ2) is 9.07. The SMILES string of the molecule is Cc1ccc(-c2ccc(=O)n(CC(O)COc3ccc(-c4ccccc4)cc3)n2)s1. The Morgan fingerprint density at radius 3 is 2.40 bits per heavy atom. The number of benzene rings is 2. The number of aryl methyl sites for hydroxylation is 1. The Bertz CT molecular complexity index is 1170. The van der Waals surface area contributed by atoms with E-state index in [9.17, 15) is 9.90 Å². The van der Waals surface area contributed by atoms with Crippen LogP contribution in [0, 0.1) is 6.92 Å². The first-order valence-electron chi connectivity index (χ1n) is 9.70. The average Bonchev–Trinajstić information content (AvgIpc) is 3.21. The van der Waals surface area contributed by atoms with Gasteiger partial charge in [0.25, 0.3) is 5.56 Å². The number of thiophene rings is 1. The molecule has 0 saturated carbocycles. The number of hydrogen-bond donors (Lipinski definition) is 1. The third kappa shape index (κ3) is 4.84. The lowest BCUT2D eigenvalue weighted by atomic mass is 10.1. The highest BCUT2D eigenvalue weighted by molar-refractivity contribution is 7.15. The molecule has 6 heteroatoms. The van der Waals surface area contributed by atoms with Crippen molar-refractivity contribution < 1.29 is 9.84 Å². The molecule has 0 aliphatic rings. The highest BCUT2D eigenvalue weighted by Gasteiger charge is 2.11. The van der Waals surface area contributed by atoms with Crippen LogP contribution in [0.2, 0.25) is 0 Å². The highest BCUT2D eigenvalue weighted by atomic mass is 32.1. The van der Waals surface area contributed by atoms with Gasteiger partial charge in [0.2, 0.25) is 0 Å². The zero-order valence-corrected chi connectivity index (χ0v) is 17.4.